The third-order valence-corrected chi connectivity index (χ3v) is 12.0. The van der Waals surface area contributed by atoms with Crippen molar-refractivity contribution in [2.24, 2.45) is 0 Å². The van der Waals surface area contributed by atoms with Crippen LogP contribution in [-0.2, 0) is 11.2 Å². The molecule has 0 spiro atoms. The van der Waals surface area contributed by atoms with Crippen LogP contribution in [0.4, 0.5) is 0 Å². The van der Waals surface area contributed by atoms with Crippen LogP contribution in [0.2, 0.25) is 0 Å². The van der Waals surface area contributed by atoms with E-state index in [-0.39, 0.29) is 0 Å². The van der Waals surface area contributed by atoms with Crippen molar-refractivity contribution < 1.29 is 10.2 Å². The van der Waals surface area contributed by atoms with Gasteiger partial charge in [-0.05, 0) is 102 Å². The first-order valence-corrected chi connectivity index (χ1v) is 20.4. The number of fused-ring (bicyclic) bond motifs is 3. The molecule has 1 aliphatic carbocycles. The smallest absolute Gasteiger partial charge is 0.141 e. The van der Waals surface area contributed by atoms with Gasteiger partial charge in [0.15, 0.2) is 0 Å². The summed E-state index contributed by atoms with van der Waals surface area (Å²) in [5, 5.41) is 28.9. The highest BCUT2D eigenvalue weighted by atomic mass is 16.3. The van der Waals surface area contributed by atoms with Crippen LogP contribution in [0.5, 0.6) is 0 Å². The third kappa shape index (κ3) is 6.49. The zero-order valence-corrected chi connectivity index (χ0v) is 33.0. The zero-order chi connectivity index (χ0) is 40.5. The first-order chi connectivity index (χ1) is 29.5. The van der Waals surface area contributed by atoms with E-state index in [4.69, 9.17) is 0 Å². The molecule has 9 aromatic carbocycles. The summed E-state index contributed by atoms with van der Waals surface area (Å²) in [6.45, 7) is 0. The van der Waals surface area contributed by atoms with Gasteiger partial charge in [-0.2, -0.15) is 0 Å². The lowest BCUT2D eigenvalue weighted by Gasteiger charge is -2.45. The summed E-state index contributed by atoms with van der Waals surface area (Å²) in [4.78, 5) is 0. The Morgan fingerprint density at radius 3 is 0.900 bits per heavy atom. The van der Waals surface area contributed by atoms with Crippen molar-refractivity contribution in [2.75, 3.05) is 0 Å². The maximum atomic E-state index is 13.4. The second-order valence-corrected chi connectivity index (χ2v) is 15.5. The van der Waals surface area contributed by atoms with Gasteiger partial charge in [0.1, 0.15) is 11.2 Å². The lowest BCUT2D eigenvalue weighted by Crippen LogP contribution is -2.44. The summed E-state index contributed by atoms with van der Waals surface area (Å²) in [6.07, 6.45) is 4.41. The van der Waals surface area contributed by atoms with E-state index in [1.807, 2.05) is 84.9 Å². The standard InChI is InChI=1S/C58H42O2/c59-57(49-33-29-41(30-34-49)37-51(43-17-5-1-6-18-43)44-19-7-2-8-20-44)53-27-15-16-28-54(53)58(60,56-40-48-26-14-13-25-47(48)39-55(56)57)50-35-31-42(32-36-50)38-52(45-21-9-3-10-22-45)46-23-11-4-12-24-46/h1-40,59-60H. The Morgan fingerprint density at radius 2 is 0.583 bits per heavy atom. The molecule has 60 heavy (non-hydrogen) atoms. The van der Waals surface area contributed by atoms with Crippen LogP contribution in [0.15, 0.2) is 231 Å². The highest BCUT2D eigenvalue weighted by molar-refractivity contribution is 5.93. The first kappa shape index (κ1) is 36.9. The second kappa shape index (κ2) is 15.4. The lowest BCUT2D eigenvalue weighted by molar-refractivity contribution is 0.0750. The molecule has 0 amide bonds. The molecular formula is C58H42O2. The molecule has 10 rings (SSSR count). The molecule has 1 aliphatic rings. The number of rotatable bonds is 8. The Hall–Kier alpha value is -7.36. The fourth-order valence-corrected chi connectivity index (χ4v) is 8.98. The largest absolute Gasteiger partial charge is 0.376 e. The monoisotopic (exact) mass is 770 g/mol. The molecule has 0 heterocycles. The van der Waals surface area contributed by atoms with E-state index in [2.05, 4.69) is 158 Å². The molecule has 0 fully saturated rings. The molecule has 286 valence electrons. The van der Waals surface area contributed by atoms with E-state index in [1.54, 1.807) is 0 Å². The van der Waals surface area contributed by atoms with Gasteiger partial charge in [-0.3, -0.25) is 0 Å². The van der Waals surface area contributed by atoms with Crippen LogP contribution in [0, 0.1) is 0 Å². The summed E-state index contributed by atoms with van der Waals surface area (Å²) in [5.41, 5.74) is 9.70. The molecule has 2 N–H and O–H groups in total. The van der Waals surface area contributed by atoms with E-state index in [0.717, 1.165) is 66.4 Å². The molecule has 0 bridgehead atoms. The van der Waals surface area contributed by atoms with Crippen LogP contribution in [0.1, 0.15) is 66.8 Å². The molecular weight excluding hydrogens is 729 g/mol. The Kier molecular flexibility index (Phi) is 9.50. The van der Waals surface area contributed by atoms with Crippen molar-refractivity contribution in [3.8, 4) is 0 Å². The summed E-state index contributed by atoms with van der Waals surface area (Å²) >= 11 is 0. The predicted octanol–water partition coefficient (Wildman–Crippen LogP) is 12.9. The van der Waals surface area contributed by atoms with Crippen LogP contribution in [0.3, 0.4) is 0 Å². The van der Waals surface area contributed by atoms with Gasteiger partial charge >= 0.3 is 0 Å². The van der Waals surface area contributed by atoms with Crippen molar-refractivity contribution >= 4 is 34.1 Å². The van der Waals surface area contributed by atoms with Gasteiger partial charge in [-0.1, -0.05) is 218 Å². The predicted molar refractivity (Wildman–Crippen MR) is 247 cm³/mol. The molecule has 0 radical (unpaired) electrons. The Balaban J connectivity index is 1.11. The zero-order valence-electron chi connectivity index (χ0n) is 33.0. The minimum Gasteiger partial charge on any atom is -0.376 e. The number of aliphatic hydroxyl groups is 2. The van der Waals surface area contributed by atoms with Gasteiger partial charge in [0.2, 0.25) is 0 Å². The molecule has 2 heteroatoms. The number of hydrogen-bond donors (Lipinski definition) is 2. The molecule has 2 nitrogen and oxygen atoms in total. The van der Waals surface area contributed by atoms with E-state index >= 15 is 0 Å². The van der Waals surface area contributed by atoms with Crippen molar-refractivity contribution in [1.29, 1.82) is 0 Å². The molecule has 9 aromatic rings. The van der Waals surface area contributed by atoms with E-state index in [0.29, 0.717) is 22.3 Å². The van der Waals surface area contributed by atoms with Gasteiger partial charge in [-0.25, -0.2) is 0 Å². The maximum Gasteiger partial charge on any atom is 0.141 e. The molecule has 2 unspecified atom stereocenters. The maximum absolute atomic E-state index is 13.4. The fraction of sp³-hybridized carbons (Fsp3) is 0.0345. The Morgan fingerprint density at radius 1 is 0.300 bits per heavy atom. The van der Waals surface area contributed by atoms with Crippen molar-refractivity contribution in [1.82, 2.24) is 0 Å². The van der Waals surface area contributed by atoms with Gasteiger partial charge in [-0.15, -0.1) is 0 Å². The van der Waals surface area contributed by atoms with Gasteiger partial charge in [0.05, 0.1) is 0 Å². The van der Waals surface area contributed by atoms with Gasteiger partial charge < -0.3 is 10.2 Å². The minimum absolute atomic E-state index is 0.646. The van der Waals surface area contributed by atoms with Crippen molar-refractivity contribution in [3.05, 3.63) is 297 Å². The minimum atomic E-state index is -1.56. The van der Waals surface area contributed by atoms with Crippen LogP contribution < -0.4 is 0 Å². The summed E-state index contributed by atoms with van der Waals surface area (Å²) in [5.74, 6) is 0. The summed E-state index contributed by atoms with van der Waals surface area (Å²) < 4.78 is 0. The van der Waals surface area contributed by atoms with Crippen LogP contribution in [-0.4, -0.2) is 10.2 Å². The number of benzene rings is 9. The topological polar surface area (TPSA) is 40.5 Å². The van der Waals surface area contributed by atoms with Crippen molar-refractivity contribution in [3.63, 3.8) is 0 Å². The Labute approximate surface area is 351 Å². The van der Waals surface area contributed by atoms with E-state index in [9.17, 15) is 10.2 Å². The highest BCUT2D eigenvalue weighted by Gasteiger charge is 2.51. The highest BCUT2D eigenvalue weighted by Crippen LogP contribution is 2.54. The molecule has 0 saturated heterocycles. The molecule has 0 saturated carbocycles. The van der Waals surface area contributed by atoms with E-state index < -0.39 is 11.2 Å². The molecule has 0 aromatic heterocycles. The van der Waals surface area contributed by atoms with Crippen LogP contribution >= 0.6 is 0 Å². The second-order valence-electron chi connectivity index (χ2n) is 15.5. The SMILES string of the molecule is OC1(c2ccc(C=C(c3ccccc3)c3ccccc3)cc2)c2ccccc2C(O)(c2ccc(C=C(c3ccccc3)c3ccccc3)cc2)c2cc3ccccc3cc21. The molecule has 2 atom stereocenters. The fourth-order valence-electron chi connectivity index (χ4n) is 8.98. The quantitative estimate of drug-likeness (QED) is 0.151. The van der Waals surface area contributed by atoms with Crippen molar-refractivity contribution in [2.45, 2.75) is 11.2 Å². The normalized spacial score (nSPS) is 16.6. The van der Waals surface area contributed by atoms with Crippen LogP contribution in [0.25, 0.3) is 34.1 Å². The number of hydrogen-bond acceptors (Lipinski definition) is 2. The lowest BCUT2D eigenvalue weighted by atomic mass is 9.63. The van der Waals surface area contributed by atoms with E-state index in [1.165, 1.54) is 0 Å². The third-order valence-electron chi connectivity index (χ3n) is 12.0. The first-order valence-electron chi connectivity index (χ1n) is 20.4. The summed E-state index contributed by atoms with van der Waals surface area (Å²) in [7, 11) is 0. The Bertz CT molecular complexity index is 2720. The average Bonchev–Trinajstić information content (AvgIpc) is 3.33. The van der Waals surface area contributed by atoms with Gasteiger partial charge in [0, 0.05) is 11.1 Å². The molecule has 0 aliphatic heterocycles. The van der Waals surface area contributed by atoms with Gasteiger partial charge in [0.25, 0.3) is 0 Å². The average molecular weight is 771 g/mol. The summed E-state index contributed by atoms with van der Waals surface area (Å²) in [6, 6.07) is 78.2.